The molecule has 0 aliphatic heterocycles. The fourth-order valence-electron chi connectivity index (χ4n) is 1.81. The third-order valence-corrected chi connectivity index (χ3v) is 2.98. The van der Waals surface area contributed by atoms with E-state index in [1.54, 1.807) is 0 Å². The van der Waals surface area contributed by atoms with Gasteiger partial charge in [0.05, 0.1) is 6.10 Å². The zero-order chi connectivity index (χ0) is 8.91. The first-order valence-electron chi connectivity index (χ1n) is 4.78. The molecule has 0 spiro atoms. The van der Waals surface area contributed by atoms with E-state index in [9.17, 15) is 5.11 Å². The van der Waals surface area contributed by atoms with Crippen LogP contribution in [0.1, 0.15) is 53.4 Å². The van der Waals surface area contributed by atoms with Crippen molar-refractivity contribution in [1.29, 1.82) is 0 Å². The van der Waals surface area contributed by atoms with Crippen LogP contribution in [0.15, 0.2) is 0 Å². The largest absolute Gasteiger partial charge is 0.393 e. The normalized spacial score (nSPS) is 15.0. The van der Waals surface area contributed by atoms with E-state index < -0.39 is 0 Å². The Morgan fingerprint density at radius 1 is 1.09 bits per heavy atom. The maximum atomic E-state index is 9.28. The molecular formula is C10H22O. The summed E-state index contributed by atoms with van der Waals surface area (Å²) in [5.41, 5.74) is 0.397. The Morgan fingerprint density at radius 2 is 1.45 bits per heavy atom. The van der Waals surface area contributed by atoms with E-state index in [1.165, 1.54) is 19.3 Å². The van der Waals surface area contributed by atoms with Crippen molar-refractivity contribution in [3.8, 4) is 0 Å². The van der Waals surface area contributed by atoms with Gasteiger partial charge in [-0.05, 0) is 18.8 Å². The van der Waals surface area contributed by atoms with E-state index in [0.29, 0.717) is 5.41 Å². The van der Waals surface area contributed by atoms with Crippen LogP contribution in [0.25, 0.3) is 0 Å². The summed E-state index contributed by atoms with van der Waals surface area (Å²) < 4.78 is 0. The van der Waals surface area contributed by atoms with Gasteiger partial charge in [-0.25, -0.2) is 0 Å². The lowest BCUT2D eigenvalue weighted by Crippen LogP contribution is -2.23. The summed E-state index contributed by atoms with van der Waals surface area (Å²) in [4.78, 5) is 0. The van der Waals surface area contributed by atoms with Gasteiger partial charge in [-0.15, -0.1) is 0 Å². The first-order valence-corrected chi connectivity index (χ1v) is 4.78. The van der Waals surface area contributed by atoms with Gasteiger partial charge in [0.15, 0.2) is 0 Å². The Kier molecular flexibility index (Phi) is 4.74. The van der Waals surface area contributed by atoms with Gasteiger partial charge in [-0.2, -0.15) is 0 Å². The standard InChI is InChI=1S/C10H22O/c1-5-10(6-2,7-3)8-9(4)11/h9,11H,5-8H2,1-4H3. The van der Waals surface area contributed by atoms with Crippen LogP contribution >= 0.6 is 0 Å². The van der Waals surface area contributed by atoms with E-state index in [0.717, 1.165) is 6.42 Å². The lowest BCUT2D eigenvalue weighted by molar-refractivity contribution is 0.0998. The summed E-state index contributed by atoms with van der Waals surface area (Å²) in [6.07, 6.45) is 4.37. The summed E-state index contributed by atoms with van der Waals surface area (Å²) in [6.45, 7) is 8.54. The van der Waals surface area contributed by atoms with Crippen LogP contribution in [0.4, 0.5) is 0 Å². The first-order chi connectivity index (χ1) is 5.10. The highest BCUT2D eigenvalue weighted by Gasteiger charge is 2.25. The Morgan fingerprint density at radius 3 is 1.55 bits per heavy atom. The molecule has 0 aromatic heterocycles. The van der Waals surface area contributed by atoms with Crippen LogP contribution in [-0.4, -0.2) is 11.2 Å². The van der Waals surface area contributed by atoms with Gasteiger partial charge in [0.2, 0.25) is 0 Å². The minimum Gasteiger partial charge on any atom is -0.393 e. The van der Waals surface area contributed by atoms with Crippen LogP contribution in [0.2, 0.25) is 0 Å². The van der Waals surface area contributed by atoms with E-state index in [4.69, 9.17) is 0 Å². The molecular weight excluding hydrogens is 136 g/mol. The van der Waals surface area contributed by atoms with Crippen molar-refractivity contribution in [3.63, 3.8) is 0 Å². The molecule has 0 fully saturated rings. The SMILES string of the molecule is CCC(CC)(CC)CC(C)O. The maximum Gasteiger partial charge on any atom is 0.0517 e. The van der Waals surface area contributed by atoms with Crippen molar-refractivity contribution in [3.05, 3.63) is 0 Å². The second-order valence-corrected chi connectivity index (χ2v) is 3.61. The Hall–Kier alpha value is -0.0400. The highest BCUT2D eigenvalue weighted by atomic mass is 16.3. The summed E-state index contributed by atoms with van der Waals surface area (Å²) in [5.74, 6) is 0. The quantitative estimate of drug-likeness (QED) is 0.652. The van der Waals surface area contributed by atoms with E-state index >= 15 is 0 Å². The fourth-order valence-corrected chi connectivity index (χ4v) is 1.81. The summed E-state index contributed by atoms with van der Waals surface area (Å²) >= 11 is 0. The predicted octanol–water partition coefficient (Wildman–Crippen LogP) is 2.97. The van der Waals surface area contributed by atoms with Gasteiger partial charge in [-0.3, -0.25) is 0 Å². The minimum absolute atomic E-state index is 0.144. The van der Waals surface area contributed by atoms with Crippen molar-refractivity contribution >= 4 is 0 Å². The average molecular weight is 158 g/mol. The van der Waals surface area contributed by atoms with Crippen LogP contribution in [0.3, 0.4) is 0 Å². The molecule has 0 heterocycles. The number of hydrogen-bond acceptors (Lipinski definition) is 1. The minimum atomic E-state index is -0.144. The molecule has 1 N–H and O–H groups in total. The summed E-state index contributed by atoms with van der Waals surface area (Å²) in [7, 11) is 0. The maximum absolute atomic E-state index is 9.28. The lowest BCUT2D eigenvalue weighted by atomic mass is 9.75. The first kappa shape index (κ1) is 11.0. The van der Waals surface area contributed by atoms with E-state index in [-0.39, 0.29) is 6.10 Å². The molecule has 1 heteroatoms. The third kappa shape index (κ3) is 3.24. The van der Waals surface area contributed by atoms with Crippen LogP contribution < -0.4 is 0 Å². The van der Waals surface area contributed by atoms with Crippen molar-refractivity contribution in [2.45, 2.75) is 59.5 Å². The fraction of sp³-hybridized carbons (Fsp3) is 1.00. The number of rotatable bonds is 5. The smallest absolute Gasteiger partial charge is 0.0517 e. The van der Waals surface area contributed by atoms with Crippen molar-refractivity contribution in [1.82, 2.24) is 0 Å². The highest BCUT2D eigenvalue weighted by molar-refractivity contribution is 4.76. The molecule has 0 aliphatic carbocycles. The molecule has 0 bridgehead atoms. The molecule has 68 valence electrons. The topological polar surface area (TPSA) is 20.2 Å². The molecule has 0 aromatic rings. The van der Waals surface area contributed by atoms with Crippen LogP contribution in [0.5, 0.6) is 0 Å². The van der Waals surface area contributed by atoms with Crippen molar-refractivity contribution < 1.29 is 5.11 Å². The molecule has 0 rings (SSSR count). The van der Waals surface area contributed by atoms with Gasteiger partial charge in [0.25, 0.3) is 0 Å². The number of hydrogen-bond donors (Lipinski definition) is 1. The van der Waals surface area contributed by atoms with E-state index in [1.807, 2.05) is 6.92 Å². The van der Waals surface area contributed by atoms with Crippen molar-refractivity contribution in [2.75, 3.05) is 0 Å². The molecule has 0 aliphatic rings. The van der Waals surface area contributed by atoms with Gasteiger partial charge < -0.3 is 5.11 Å². The molecule has 0 saturated carbocycles. The van der Waals surface area contributed by atoms with Crippen LogP contribution in [0, 0.1) is 5.41 Å². The molecule has 1 atom stereocenters. The lowest BCUT2D eigenvalue weighted by Gasteiger charge is -2.31. The van der Waals surface area contributed by atoms with Crippen LogP contribution in [-0.2, 0) is 0 Å². The van der Waals surface area contributed by atoms with Crippen molar-refractivity contribution in [2.24, 2.45) is 5.41 Å². The third-order valence-electron chi connectivity index (χ3n) is 2.98. The Labute approximate surface area is 70.8 Å². The van der Waals surface area contributed by atoms with Gasteiger partial charge in [0.1, 0.15) is 0 Å². The molecule has 0 saturated heterocycles. The highest BCUT2D eigenvalue weighted by Crippen LogP contribution is 2.35. The Bertz CT molecular complexity index is 84.8. The second-order valence-electron chi connectivity index (χ2n) is 3.61. The number of aliphatic hydroxyl groups is 1. The van der Waals surface area contributed by atoms with Gasteiger partial charge in [0, 0.05) is 0 Å². The summed E-state index contributed by atoms with van der Waals surface area (Å²) in [5, 5.41) is 9.28. The molecule has 0 radical (unpaired) electrons. The molecule has 0 aromatic carbocycles. The van der Waals surface area contributed by atoms with Gasteiger partial charge in [-0.1, -0.05) is 40.0 Å². The molecule has 11 heavy (non-hydrogen) atoms. The summed E-state index contributed by atoms with van der Waals surface area (Å²) in [6, 6.07) is 0. The predicted molar refractivity (Wildman–Crippen MR) is 49.6 cm³/mol. The second kappa shape index (κ2) is 4.76. The van der Waals surface area contributed by atoms with E-state index in [2.05, 4.69) is 20.8 Å². The molecule has 1 nitrogen and oxygen atoms in total. The zero-order valence-corrected chi connectivity index (χ0v) is 8.35. The monoisotopic (exact) mass is 158 g/mol. The average Bonchev–Trinajstić information content (AvgIpc) is 2.00. The molecule has 0 amide bonds. The molecule has 1 unspecified atom stereocenters. The Balaban J connectivity index is 4.05. The van der Waals surface area contributed by atoms with Gasteiger partial charge >= 0.3 is 0 Å². The number of aliphatic hydroxyl groups excluding tert-OH is 1. The zero-order valence-electron chi connectivity index (χ0n) is 8.35.